The molecule has 0 radical (unpaired) electrons. The zero-order chi connectivity index (χ0) is 21.4. The standard InChI is InChI=1S/C17H22N4O6S2/c1-11(12-2-4-14(5-3-12)29(18,26)27)19-17(23)15-6-7-16(22)21(20-15)13-8-9-28(24,25)10-13/h2-5,11,13H,6-10H2,1H3,(H,19,23)(H2,18,26,27)/t11-,13-/m0/s1. The van der Waals surface area contributed by atoms with Crippen molar-refractivity contribution in [1.29, 1.82) is 0 Å². The van der Waals surface area contributed by atoms with Crippen LogP contribution in [0.2, 0.25) is 0 Å². The maximum absolute atomic E-state index is 12.6. The van der Waals surface area contributed by atoms with E-state index in [9.17, 15) is 26.4 Å². The van der Waals surface area contributed by atoms with Gasteiger partial charge in [-0.15, -0.1) is 0 Å². The van der Waals surface area contributed by atoms with E-state index in [1.807, 2.05) is 0 Å². The van der Waals surface area contributed by atoms with Gasteiger partial charge in [0.1, 0.15) is 5.71 Å². The fourth-order valence-corrected chi connectivity index (χ4v) is 5.51. The van der Waals surface area contributed by atoms with Gasteiger partial charge in [0.2, 0.25) is 15.9 Å². The predicted molar refractivity (Wildman–Crippen MR) is 105 cm³/mol. The van der Waals surface area contributed by atoms with E-state index in [1.165, 1.54) is 12.1 Å². The van der Waals surface area contributed by atoms with Crippen molar-refractivity contribution < 1.29 is 26.4 Å². The molecule has 1 fully saturated rings. The lowest BCUT2D eigenvalue weighted by Crippen LogP contribution is -2.44. The molecule has 2 heterocycles. The molecule has 2 aliphatic heterocycles. The molecule has 2 aliphatic rings. The van der Waals surface area contributed by atoms with Crippen molar-refractivity contribution in [2.45, 2.75) is 43.2 Å². The van der Waals surface area contributed by atoms with E-state index in [2.05, 4.69) is 10.4 Å². The van der Waals surface area contributed by atoms with Crippen molar-refractivity contribution in [3.63, 3.8) is 0 Å². The Morgan fingerprint density at radius 3 is 2.48 bits per heavy atom. The number of carbonyl (C=O) groups is 2. The van der Waals surface area contributed by atoms with E-state index in [0.717, 1.165) is 5.01 Å². The molecule has 1 aromatic rings. The number of hydrogen-bond acceptors (Lipinski definition) is 7. The molecular weight excluding hydrogens is 420 g/mol. The van der Waals surface area contributed by atoms with Crippen LogP contribution in [0, 0.1) is 0 Å². The van der Waals surface area contributed by atoms with Crippen LogP contribution in [0.15, 0.2) is 34.3 Å². The maximum atomic E-state index is 12.6. The van der Waals surface area contributed by atoms with Crippen molar-refractivity contribution in [2.75, 3.05) is 11.5 Å². The van der Waals surface area contributed by atoms with Gasteiger partial charge in [-0.25, -0.2) is 27.0 Å². The molecule has 0 aromatic heterocycles. The molecule has 10 nitrogen and oxygen atoms in total. The van der Waals surface area contributed by atoms with Crippen LogP contribution in [-0.2, 0) is 29.4 Å². The normalized spacial score (nSPS) is 22.8. The molecule has 29 heavy (non-hydrogen) atoms. The van der Waals surface area contributed by atoms with Crippen molar-refractivity contribution in [3.05, 3.63) is 29.8 Å². The minimum atomic E-state index is -3.80. The lowest BCUT2D eigenvalue weighted by atomic mass is 10.1. The first-order valence-corrected chi connectivity index (χ1v) is 12.4. The minimum absolute atomic E-state index is 0.00401. The summed E-state index contributed by atoms with van der Waals surface area (Å²) in [6.07, 6.45) is 0.553. The molecule has 12 heteroatoms. The molecule has 2 amide bonds. The molecule has 0 saturated carbocycles. The number of nitrogens with two attached hydrogens (primary N) is 1. The van der Waals surface area contributed by atoms with Crippen LogP contribution in [0.5, 0.6) is 0 Å². The van der Waals surface area contributed by atoms with Gasteiger partial charge in [-0.2, -0.15) is 5.10 Å². The molecule has 158 valence electrons. The van der Waals surface area contributed by atoms with Gasteiger partial charge in [-0.3, -0.25) is 9.59 Å². The number of carbonyl (C=O) groups excluding carboxylic acids is 2. The number of rotatable bonds is 5. The molecule has 0 unspecified atom stereocenters. The summed E-state index contributed by atoms with van der Waals surface area (Å²) in [5.74, 6) is -0.907. The molecule has 1 saturated heterocycles. The fourth-order valence-electron chi connectivity index (χ4n) is 3.30. The summed E-state index contributed by atoms with van der Waals surface area (Å²) in [6, 6.07) is 4.81. The number of nitrogens with one attached hydrogen (secondary N) is 1. The number of nitrogens with zero attached hydrogens (tertiary/aromatic N) is 2. The van der Waals surface area contributed by atoms with Gasteiger partial charge in [0, 0.05) is 12.8 Å². The van der Waals surface area contributed by atoms with Crippen LogP contribution in [0.3, 0.4) is 0 Å². The van der Waals surface area contributed by atoms with E-state index >= 15 is 0 Å². The zero-order valence-electron chi connectivity index (χ0n) is 15.7. The number of amides is 2. The number of hydrazone groups is 1. The average Bonchev–Trinajstić information content (AvgIpc) is 3.01. The Kier molecular flexibility index (Phi) is 5.79. The highest BCUT2D eigenvalue weighted by Gasteiger charge is 2.37. The third-order valence-electron chi connectivity index (χ3n) is 4.93. The van der Waals surface area contributed by atoms with Crippen LogP contribution in [0.25, 0.3) is 0 Å². The highest BCUT2D eigenvalue weighted by Crippen LogP contribution is 2.22. The molecule has 2 atom stereocenters. The highest BCUT2D eigenvalue weighted by molar-refractivity contribution is 7.91. The minimum Gasteiger partial charge on any atom is -0.344 e. The molecule has 3 rings (SSSR count). The van der Waals surface area contributed by atoms with Crippen molar-refractivity contribution in [3.8, 4) is 0 Å². The maximum Gasteiger partial charge on any atom is 0.267 e. The molecule has 3 N–H and O–H groups in total. The van der Waals surface area contributed by atoms with Crippen molar-refractivity contribution in [2.24, 2.45) is 10.2 Å². The fraction of sp³-hybridized carbons (Fsp3) is 0.471. The Hall–Kier alpha value is -2.31. The van der Waals surface area contributed by atoms with E-state index < -0.39 is 37.9 Å². The van der Waals surface area contributed by atoms with Crippen molar-refractivity contribution >= 4 is 37.4 Å². The molecular formula is C17H22N4O6S2. The second kappa shape index (κ2) is 7.84. The number of sulfonamides is 1. The zero-order valence-corrected chi connectivity index (χ0v) is 17.4. The first kappa shape index (κ1) is 21.4. The van der Waals surface area contributed by atoms with Crippen LogP contribution in [0.1, 0.15) is 37.8 Å². The van der Waals surface area contributed by atoms with E-state index in [0.29, 0.717) is 12.0 Å². The number of primary sulfonamides is 1. The lowest BCUT2D eigenvalue weighted by molar-refractivity contribution is -0.133. The first-order chi connectivity index (χ1) is 13.5. The lowest BCUT2D eigenvalue weighted by Gasteiger charge is -2.28. The number of sulfone groups is 1. The topological polar surface area (TPSA) is 156 Å². The van der Waals surface area contributed by atoms with Crippen LogP contribution >= 0.6 is 0 Å². The molecule has 1 aromatic carbocycles. The van der Waals surface area contributed by atoms with E-state index in [1.54, 1.807) is 19.1 Å². The molecule has 0 bridgehead atoms. The Morgan fingerprint density at radius 1 is 1.28 bits per heavy atom. The second-order valence-corrected chi connectivity index (χ2v) is 10.9. The number of hydrogen-bond donors (Lipinski definition) is 2. The summed E-state index contributed by atoms with van der Waals surface area (Å²) in [5.41, 5.74) is 0.818. The Morgan fingerprint density at radius 2 is 1.93 bits per heavy atom. The van der Waals surface area contributed by atoms with Gasteiger partial charge in [-0.05, 0) is 31.0 Å². The smallest absolute Gasteiger partial charge is 0.267 e. The summed E-state index contributed by atoms with van der Waals surface area (Å²) in [7, 11) is -6.99. The number of benzene rings is 1. The predicted octanol–water partition coefficient (Wildman–Crippen LogP) is -0.323. The quantitative estimate of drug-likeness (QED) is 0.636. The third-order valence-corrected chi connectivity index (χ3v) is 7.61. The van der Waals surface area contributed by atoms with Crippen LogP contribution in [0.4, 0.5) is 0 Å². The van der Waals surface area contributed by atoms with Gasteiger partial charge in [-0.1, -0.05) is 12.1 Å². The van der Waals surface area contributed by atoms with Crippen LogP contribution < -0.4 is 10.5 Å². The average molecular weight is 443 g/mol. The largest absolute Gasteiger partial charge is 0.344 e. The summed E-state index contributed by atoms with van der Waals surface area (Å²) in [5, 5.41) is 13.1. The summed E-state index contributed by atoms with van der Waals surface area (Å²) < 4.78 is 46.0. The second-order valence-electron chi connectivity index (χ2n) is 7.15. The van der Waals surface area contributed by atoms with E-state index in [-0.39, 0.29) is 40.9 Å². The van der Waals surface area contributed by atoms with Gasteiger partial charge in [0.15, 0.2) is 9.84 Å². The molecule has 0 spiro atoms. The Balaban J connectivity index is 1.71. The van der Waals surface area contributed by atoms with Crippen molar-refractivity contribution in [1.82, 2.24) is 10.3 Å². The van der Waals surface area contributed by atoms with Gasteiger partial charge in [0.25, 0.3) is 5.91 Å². The Bertz CT molecular complexity index is 1060. The summed E-state index contributed by atoms with van der Waals surface area (Å²) in [6.45, 7) is 1.72. The van der Waals surface area contributed by atoms with Gasteiger partial charge in [0.05, 0.1) is 28.5 Å². The monoisotopic (exact) mass is 442 g/mol. The molecule has 0 aliphatic carbocycles. The highest BCUT2D eigenvalue weighted by atomic mass is 32.2. The Labute approximate surface area is 169 Å². The van der Waals surface area contributed by atoms with Crippen LogP contribution in [-0.4, -0.2) is 56.9 Å². The van der Waals surface area contributed by atoms with Gasteiger partial charge < -0.3 is 5.32 Å². The summed E-state index contributed by atoms with van der Waals surface area (Å²) >= 11 is 0. The third kappa shape index (κ3) is 5.00. The SMILES string of the molecule is C[C@H](NC(=O)C1=NN([C@H]2CCS(=O)(=O)C2)C(=O)CC1)c1ccc(S(N)(=O)=O)cc1. The summed E-state index contributed by atoms with van der Waals surface area (Å²) in [4.78, 5) is 24.7. The van der Waals surface area contributed by atoms with E-state index in [4.69, 9.17) is 5.14 Å². The van der Waals surface area contributed by atoms with Gasteiger partial charge >= 0.3 is 0 Å². The first-order valence-electron chi connectivity index (χ1n) is 9.00.